The smallest absolute Gasteiger partial charge is 0.408 e. The van der Waals surface area contributed by atoms with Crippen molar-refractivity contribution in [2.45, 2.75) is 102 Å². The molecule has 0 spiro atoms. The zero-order valence-electron chi connectivity index (χ0n) is 26.3. The average molecular weight is 606 g/mol. The predicted octanol–water partition coefficient (Wildman–Crippen LogP) is 3.80. The number of carbonyl (C=O) groups is 4. The molecule has 5 atom stereocenters. The minimum absolute atomic E-state index is 0.103. The van der Waals surface area contributed by atoms with Crippen molar-refractivity contribution < 1.29 is 23.9 Å². The monoisotopic (exact) mass is 605 g/mol. The number of hydrogen-bond donors (Lipinski definition) is 4. The Morgan fingerprint density at radius 1 is 0.932 bits per heavy atom. The number of nitrogens with zero attached hydrogens (tertiary/aromatic N) is 1. The van der Waals surface area contributed by atoms with Gasteiger partial charge in [-0.2, -0.15) is 0 Å². The van der Waals surface area contributed by atoms with Crippen LogP contribution >= 0.6 is 0 Å². The largest absolute Gasteiger partial charge is 0.444 e. The van der Waals surface area contributed by atoms with E-state index >= 15 is 0 Å². The van der Waals surface area contributed by atoms with E-state index < -0.39 is 35.7 Å². The van der Waals surface area contributed by atoms with Crippen molar-refractivity contribution in [1.29, 1.82) is 0 Å². The van der Waals surface area contributed by atoms with E-state index in [0.717, 1.165) is 17.5 Å². The van der Waals surface area contributed by atoms with Crippen LogP contribution in [-0.4, -0.2) is 65.0 Å². The second-order valence-corrected chi connectivity index (χ2v) is 12.8. The van der Waals surface area contributed by atoms with E-state index in [1.54, 1.807) is 32.6 Å². The van der Waals surface area contributed by atoms with Crippen LogP contribution in [0.25, 0.3) is 0 Å². The second kappa shape index (κ2) is 14.7. The van der Waals surface area contributed by atoms with Crippen LogP contribution < -0.4 is 21.7 Å². The lowest BCUT2D eigenvalue weighted by Crippen LogP contribution is -2.59. The fraction of sp³-hybridized carbons (Fsp3) is 0.529. The molecular formula is C34H47N5O5. The highest BCUT2D eigenvalue weighted by atomic mass is 16.6. The normalized spacial score (nSPS) is 22.5. The maximum Gasteiger partial charge on any atom is 0.408 e. The summed E-state index contributed by atoms with van der Waals surface area (Å²) in [7, 11) is 0. The number of carbonyl (C=O) groups excluding carboxylic acids is 4. The van der Waals surface area contributed by atoms with E-state index in [0.29, 0.717) is 38.6 Å². The summed E-state index contributed by atoms with van der Waals surface area (Å²) in [6.45, 7) is 7.38. The molecule has 4 rings (SSSR count). The van der Waals surface area contributed by atoms with E-state index in [4.69, 9.17) is 10.5 Å². The Labute approximate surface area is 260 Å². The first-order chi connectivity index (χ1) is 21.0. The first-order valence-corrected chi connectivity index (χ1v) is 15.7. The van der Waals surface area contributed by atoms with Crippen molar-refractivity contribution in [3.63, 3.8) is 0 Å². The third-order valence-corrected chi connectivity index (χ3v) is 8.47. The Balaban J connectivity index is 1.55. The number of benzene rings is 2. The van der Waals surface area contributed by atoms with Crippen LogP contribution in [0.15, 0.2) is 60.7 Å². The SMILES string of the molecule is CC[C@H](NC(=O)OC(C)(C)C)C(=O)N[C@@H]1C(=O)N2[C@@H](CC[C@@H]1CCN)CC[C@H]2C(=O)NC(c1ccccc1)c1ccccc1. The van der Waals surface area contributed by atoms with Gasteiger partial charge < -0.3 is 31.3 Å². The van der Waals surface area contributed by atoms with Gasteiger partial charge in [-0.15, -0.1) is 0 Å². The van der Waals surface area contributed by atoms with Crippen LogP contribution in [0.5, 0.6) is 0 Å². The number of alkyl carbamates (subject to hydrolysis) is 1. The Kier molecular flexibility index (Phi) is 11.0. The lowest BCUT2D eigenvalue weighted by Gasteiger charge is -2.33. The standard InChI is InChI=1S/C34H47N5O5/c1-5-26(36-33(43)44-34(2,3)4)30(40)38-29-24(20-21-35)16-17-25-18-19-27(39(25)32(29)42)31(41)37-28(22-12-8-6-9-13-22)23-14-10-7-11-15-23/h6-15,24-29H,5,16-21,35H2,1-4H3,(H,36,43)(H,37,41)(H,38,40)/t24-,25+,26+,27+,29+/m1/s1. The van der Waals surface area contributed by atoms with Crippen LogP contribution in [0.4, 0.5) is 4.79 Å². The van der Waals surface area contributed by atoms with Gasteiger partial charge in [-0.25, -0.2) is 4.79 Å². The fourth-order valence-electron chi connectivity index (χ4n) is 6.34. The number of amides is 4. The average Bonchev–Trinajstić information content (AvgIpc) is 3.38. The Morgan fingerprint density at radius 3 is 2.07 bits per heavy atom. The summed E-state index contributed by atoms with van der Waals surface area (Å²) in [5, 5.41) is 8.79. The number of hydrogen-bond acceptors (Lipinski definition) is 6. The van der Waals surface area contributed by atoms with Gasteiger partial charge in [0.1, 0.15) is 23.7 Å². The summed E-state index contributed by atoms with van der Waals surface area (Å²) in [5.74, 6) is -1.16. The van der Waals surface area contributed by atoms with Gasteiger partial charge in [0.05, 0.1) is 6.04 Å². The first kappa shape index (κ1) is 33.0. The van der Waals surface area contributed by atoms with E-state index in [1.807, 2.05) is 60.7 Å². The molecule has 0 unspecified atom stereocenters. The lowest BCUT2D eigenvalue weighted by atomic mass is 9.90. The Bertz CT molecular complexity index is 1240. The molecule has 0 radical (unpaired) electrons. The molecule has 0 saturated carbocycles. The highest BCUT2D eigenvalue weighted by Crippen LogP contribution is 2.35. The van der Waals surface area contributed by atoms with Gasteiger partial charge in [-0.05, 0) is 82.9 Å². The molecule has 2 aromatic carbocycles. The van der Waals surface area contributed by atoms with E-state index in [1.165, 1.54) is 0 Å². The molecule has 238 valence electrons. The second-order valence-electron chi connectivity index (χ2n) is 12.8. The minimum Gasteiger partial charge on any atom is -0.444 e. The molecule has 2 aliphatic rings. The fourth-order valence-corrected chi connectivity index (χ4v) is 6.34. The van der Waals surface area contributed by atoms with Gasteiger partial charge in [0, 0.05) is 6.04 Å². The van der Waals surface area contributed by atoms with Gasteiger partial charge >= 0.3 is 6.09 Å². The molecule has 10 heteroatoms. The molecule has 2 heterocycles. The highest BCUT2D eigenvalue weighted by Gasteiger charge is 2.48. The third-order valence-electron chi connectivity index (χ3n) is 8.47. The zero-order chi connectivity index (χ0) is 31.9. The molecule has 2 saturated heterocycles. The van der Waals surface area contributed by atoms with Gasteiger partial charge in [0.25, 0.3) is 0 Å². The summed E-state index contributed by atoms with van der Waals surface area (Å²) in [6, 6.07) is 16.6. The van der Waals surface area contributed by atoms with Crippen molar-refractivity contribution >= 4 is 23.8 Å². The number of ether oxygens (including phenoxy) is 1. The minimum atomic E-state index is -0.884. The van der Waals surface area contributed by atoms with Crippen molar-refractivity contribution in [1.82, 2.24) is 20.9 Å². The van der Waals surface area contributed by atoms with Crippen molar-refractivity contribution in [3.8, 4) is 0 Å². The third kappa shape index (κ3) is 8.16. The Hall–Kier alpha value is -3.92. The zero-order valence-corrected chi connectivity index (χ0v) is 26.3. The molecule has 4 amide bonds. The van der Waals surface area contributed by atoms with Gasteiger partial charge in [-0.1, -0.05) is 67.6 Å². The summed E-state index contributed by atoms with van der Waals surface area (Å²) in [6.07, 6.45) is 2.82. The number of rotatable bonds is 10. The van der Waals surface area contributed by atoms with Crippen LogP contribution in [0.3, 0.4) is 0 Å². The lowest BCUT2D eigenvalue weighted by molar-refractivity contribution is -0.143. The quantitative estimate of drug-likeness (QED) is 0.325. The number of nitrogens with one attached hydrogen (secondary N) is 3. The first-order valence-electron chi connectivity index (χ1n) is 15.7. The summed E-state index contributed by atoms with van der Waals surface area (Å²) < 4.78 is 5.34. The Morgan fingerprint density at radius 2 is 1.52 bits per heavy atom. The molecule has 0 bridgehead atoms. The van der Waals surface area contributed by atoms with Crippen molar-refractivity contribution in [2.24, 2.45) is 11.7 Å². The molecule has 5 N–H and O–H groups in total. The van der Waals surface area contributed by atoms with Crippen LogP contribution in [-0.2, 0) is 19.1 Å². The van der Waals surface area contributed by atoms with Gasteiger partial charge in [0.15, 0.2) is 0 Å². The molecule has 44 heavy (non-hydrogen) atoms. The van der Waals surface area contributed by atoms with Crippen molar-refractivity contribution in [3.05, 3.63) is 71.8 Å². The molecule has 0 aromatic heterocycles. The summed E-state index contributed by atoms with van der Waals surface area (Å²) in [4.78, 5) is 55.8. The van der Waals surface area contributed by atoms with Crippen LogP contribution in [0.2, 0.25) is 0 Å². The molecule has 2 fully saturated rings. The van der Waals surface area contributed by atoms with E-state index in [9.17, 15) is 19.2 Å². The molecule has 10 nitrogen and oxygen atoms in total. The summed E-state index contributed by atoms with van der Waals surface area (Å²) >= 11 is 0. The molecular weight excluding hydrogens is 558 g/mol. The van der Waals surface area contributed by atoms with E-state index in [2.05, 4.69) is 16.0 Å². The summed E-state index contributed by atoms with van der Waals surface area (Å²) in [5.41, 5.74) is 7.11. The predicted molar refractivity (Wildman–Crippen MR) is 168 cm³/mol. The molecule has 2 aliphatic heterocycles. The van der Waals surface area contributed by atoms with Gasteiger partial charge in [-0.3, -0.25) is 14.4 Å². The maximum atomic E-state index is 14.3. The van der Waals surface area contributed by atoms with Crippen LogP contribution in [0, 0.1) is 5.92 Å². The van der Waals surface area contributed by atoms with E-state index in [-0.39, 0.29) is 29.8 Å². The van der Waals surface area contributed by atoms with Gasteiger partial charge in [0.2, 0.25) is 17.7 Å². The van der Waals surface area contributed by atoms with Crippen LogP contribution in [0.1, 0.15) is 83.4 Å². The highest BCUT2D eigenvalue weighted by molar-refractivity contribution is 5.95. The topological polar surface area (TPSA) is 143 Å². The number of nitrogens with two attached hydrogens (primary N) is 1. The molecule has 0 aliphatic carbocycles. The van der Waals surface area contributed by atoms with Crippen molar-refractivity contribution in [2.75, 3.05) is 6.54 Å². The number of fused-ring (bicyclic) bond motifs is 1. The molecule has 2 aromatic rings. The maximum absolute atomic E-state index is 14.3.